The molecule has 1 aromatic rings. The predicted octanol–water partition coefficient (Wildman–Crippen LogP) is 3.10. The number of carbonyl (C=O) groups excluding carboxylic acids is 1. The first-order valence-electron chi connectivity index (χ1n) is 3.22. The molecule has 0 unspecified atom stereocenters. The number of carbonyl (C=O) groups is 1. The SMILES string of the molecule is NC(=O)c1c(O)c(Cl)c(Cl)c(Cl)c1Cl. The monoisotopic (exact) mass is 273 g/mol. The van der Waals surface area contributed by atoms with Crippen molar-refractivity contribution in [2.24, 2.45) is 5.73 Å². The molecule has 0 aromatic heterocycles. The number of halogens is 4. The van der Waals surface area contributed by atoms with E-state index >= 15 is 0 Å². The number of primary amides is 1. The van der Waals surface area contributed by atoms with Crippen LogP contribution in [0.3, 0.4) is 0 Å². The maximum absolute atomic E-state index is 10.9. The average Bonchev–Trinajstić information content (AvgIpc) is 2.11. The normalized spacial score (nSPS) is 10.3. The minimum atomic E-state index is -0.937. The van der Waals surface area contributed by atoms with E-state index in [1.54, 1.807) is 0 Å². The van der Waals surface area contributed by atoms with Gasteiger partial charge in [0.2, 0.25) is 0 Å². The fraction of sp³-hybridized carbons (Fsp3) is 0. The van der Waals surface area contributed by atoms with Crippen molar-refractivity contribution in [3.8, 4) is 5.75 Å². The lowest BCUT2D eigenvalue weighted by atomic mass is 10.2. The van der Waals surface area contributed by atoms with E-state index in [-0.39, 0.29) is 25.7 Å². The molecule has 0 atom stereocenters. The molecule has 14 heavy (non-hydrogen) atoms. The number of rotatable bonds is 1. The molecule has 1 amide bonds. The third kappa shape index (κ3) is 1.73. The summed E-state index contributed by atoms with van der Waals surface area (Å²) in [5.41, 5.74) is 4.62. The zero-order valence-corrected chi connectivity index (χ0v) is 9.47. The number of benzene rings is 1. The molecule has 0 saturated heterocycles. The molecule has 0 spiro atoms. The highest BCUT2D eigenvalue weighted by molar-refractivity contribution is 6.53. The van der Waals surface area contributed by atoms with Crippen LogP contribution in [0.25, 0.3) is 0 Å². The molecule has 0 heterocycles. The highest BCUT2D eigenvalue weighted by atomic mass is 35.5. The van der Waals surface area contributed by atoms with Crippen molar-refractivity contribution in [1.82, 2.24) is 0 Å². The summed E-state index contributed by atoms with van der Waals surface area (Å²) in [7, 11) is 0. The Balaban J connectivity index is 3.68. The van der Waals surface area contributed by atoms with Gasteiger partial charge in [-0.25, -0.2) is 0 Å². The van der Waals surface area contributed by atoms with E-state index in [9.17, 15) is 9.90 Å². The summed E-state index contributed by atoms with van der Waals surface area (Å²) in [6.07, 6.45) is 0. The summed E-state index contributed by atoms with van der Waals surface area (Å²) < 4.78 is 0. The topological polar surface area (TPSA) is 63.3 Å². The molecule has 0 radical (unpaired) electrons. The van der Waals surface area contributed by atoms with E-state index < -0.39 is 11.7 Å². The molecule has 1 aromatic carbocycles. The minimum absolute atomic E-state index is 0.120. The fourth-order valence-electron chi connectivity index (χ4n) is 0.845. The van der Waals surface area contributed by atoms with Gasteiger partial charge in [0.15, 0.2) is 0 Å². The van der Waals surface area contributed by atoms with Crippen molar-refractivity contribution in [3.05, 3.63) is 25.7 Å². The van der Waals surface area contributed by atoms with Gasteiger partial charge in [-0.1, -0.05) is 46.4 Å². The van der Waals surface area contributed by atoms with Crippen LogP contribution in [0.5, 0.6) is 5.75 Å². The van der Waals surface area contributed by atoms with Crippen LogP contribution in [0, 0.1) is 0 Å². The number of hydrogen-bond acceptors (Lipinski definition) is 2. The third-order valence-corrected chi connectivity index (χ3v) is 3.28. The quantitative estimate of drug-likeness (QED) is 0.611. The molecular formula is C7H3Cl4NO2. The Morgan fingerprint density at radius 3 is 1.86 bits per heavy atom. The predicted molar refractivity (Wildman–Crippen MR) is 56.7 cm³/mol. The van der Waals surface area contributed by atoms with E-state index in [0.717, 1.165) is 0 Å². The van der Waals surface area contributed by atoms with Crippen LogP contribution in [0.4, 0.5) is 0 Å². The number of aromatic hydroxyl groups is 1. The van der Waals surface area contributed by atoms with Gasteiger partial charge >= 0.3 is 0 Å². The smallest absolute Gasteiger partial charge is 0.254 e. The zero-order valence-electron chi connectivity index (χ0n) is 6.44. The molecule has 1 rings (SSSR count). The highest BCUT2D eigenvalue weighted by Crippen LogP contribution is 2.44. The lowest BCUT2D eigenvalue weighted by Gasteiger charge is -2.09. The fourth-order valence-corrected chi connectivity index (χ4v) is 1.78. The molecule has 7 heteroatoms. The van der Waals surface area contributed by atoms with Crippen LogP contribution in [0.2, 0.25) is 20.1 Å². The van der Waals surface area contributed by atoms with Crippen LogP contribution >= 0.6 is 46.4 Å². The summed E-state index contributed by atoms with van der Waals surface area (Å²) in [6, 6.07) is 0. The Hall–Kier alpha value is -0.350. The van der Waals surface area contributed by atoms with E-state index in [0.29, 0.717) is 0 Å². The van der Waals surface area contributed by atoms with E-state index in [1.165, 1.54) is 0 Å². The summed E-state index contributed by atoms with van der Waals surface area (Å²) in [4.78, 5) is 10.9. The molecular weight excluding hydrogens is 272 g/mol. The van der Waals surface area contributed by atoms with E-state index in [1.807, 2.05) is 0 Å². The largest absolute Gasteiger partial charge is 0.505 e. The molecule has 0 bridgehead atoms. The summed E-state index contributed by atoms with van der Waals surface area (Å²) in [5, 5.41) is 8.68. The van der Waals surface area contributed by atoms with Gasteiger partial charge in [-0.2, -0.15) is 0 Å². The molecule has 3 N–H and O–H groups in total. The minimum Gasteiger partial charge on any atom is -0.505 e. The number of nitrogens with two attached hydrogens (primary N) is 1. The molecule has 0 fully saturated rings. The second kappa shape index (κ2) is 4.03. The summed E-state index contributed by atoms with van der Waals surface area (Å²) >= 11 is 22.4. The Morgan fingerprint density at radius 2 is 1.43 bits per heavy atom. The number of phenols is 1. The maximum Gasteiger partial charge on any atom is 0.254 e. The first-order valence-corrected chi connectivity index (χ1v) is 4.73. The van der Waals surface area contributed by atoms with Gasteiger partial charge in [-0.3, -0.25) is 4.79 Å². The lowest BCUT2D eigenvalue weighted by Crippen LogP contribution is -2.12. The van der Waals surface area contributed by atoms with Gasteiger partial charge in [-0.05, 0) is 0 Å². The van der Waals surface area contributed by atoms with E-state index in [2.05, 4.69) is 0 Å². The molecule has 0 aliphatic rings. The third-order valence-electron chi connectivity index (χ3n) is 1.49. The van der Waals surface area contributed by atoms with Crippen molar-refractivity contribution in [2.75, 3.05) is 0 Å². The first-order chi connectivity index (χ1) is 6.37. The van der Waals surface area contributed by atoms with Gasteiger partial charge in [0, 0.05) is 0 Å². The molecule has 3 nitrogen and oxygen atoms in total. The Labute approximate surface area is 99.3 Å². The maximum atomic E-state index is 10.9. The molecule has 0 saturated carbocycles. The molecule has 0 aliphatic heterocycles. The van der Waals surface area contributed by atoms with Crippen molar-refractivity contribution in [3.63, 3.8) is 0 Å². The van der Waals surface area contributed by atoms with Crippen molar-refractivity contribution < 1.29 is 9.90 Å². The van der Waals surface area contributed by atoms with Crippen molar-refractivity contribution in [2.45, 2.75) is 0 Å². The number of hydrogen-bond donors (Lipinski definition) is 2. The lowest BCUT2D eigenvalue weighted by molar-refractivity contribution is 0.0998. The summed E-state index contributed by atoms with van der Waals surface area (Å²) in [5.74, 6) is -1.51. The molecule has 0 aliphatic carbocycles. The molecule has 76 valence electrons. The average molecular weight is 275 g/mol. The zero-order chi connectivity index (χ0) is 11.0. The van der Waals surface area contributed by atoms with Crippen LogP contribution < -0.4 is 5.73 Å². The van der Waals surface area contributed by atoms with Crippen molar-refractivity contribution in [1.29, 1.82) is 0 Å². The second-order valence-electron chi connectivity index (χ2n) is 2.34. The van der Waals surface area contributed by atoms with Gasteiger partial charge < -0.3 is 10.8 Å². The van der Waals surface area contributed by atoms with Gasteiger partial charge in [-0.15, -0.1) is 0 Å². The van der Waals surface area contributed by atoms with Crippen LogP contribution in [-0.2, 0) is 0 Å². The summed E-state index contributed by atoms with van der Waals surface area (Å²) in [6.45, 7) is 0. The standard InChI is InChI=1S/C7H3Cl4NO2/c8-2-1(7(12)14)6(13)5(11)4(10)3(2)9/h13H,(H2,12,14). The van der Waals surface area contributed by atoms with Crippen LogP contribution in [-0.4, -0.2) is 11.0 Å². The van der Waals surface area contributed by atoms with E-state index in [4.69, 9.17) is 52.1 Å². The van der Waals surface area contributed by atoms with Crippen LogP contribution in [0.15, 0.2) is 0 Å². The Morgan fingerprint density at radius 1 is 1.00 bits per heavy atom. The Kier molecular flexibility index (Phi) is 3.37. The second-order valence-corrected chi connectivity index (χ2v) is 3.86. The van der Waals surface area contributed by atoms with Gasteiger partial charge in [0.25, 0.3) is 5.91 Å². The van der Waals surface area contributed by atoms with Crippen LogP contribution in [0.1, 0.15) is 10.4 Å². The number of amides is 1. The Bertz CT molecular complexity index is 390. The first kappa shape index (κ1) is 11.7. The van der Waals surface area contributed by atoms with Crippen molar-refractivity contribution >= 4 is 52.3 Å². The highest BCUT2D eigenvalue weighted by Gasteiger charge is 2.22. The van der Waals surface area contributed by atoms with Gasteiger partial charge in [0.05, 0.1) is 15.1 Å². The van der Waals surface area contributed by atoms with Gasteiger partial charge in [0.1, 0.15) is 16.3 Å².